The van der Waals surface area contributed by atoms with E-state index in [4.69, 9.17) is 14.2 Å². The SMILES string of the molecule is COc1ccc2c(C(=O)N(C)C(C)(C)C)cc3cc(OC)c(OC)cc3c2c1. The van der Waals surface area contributed by atoms with Crippen molar-refractivity contribution >= 4 is 27.5 Å². The molecule has 0 aliphatic heterocycles. The van der Waals surface area contributed by atoms with Crippen molar-refractivity contribution in [1.82, 2.24) is 4.90 Å². The Morgan fingerprint density at radius 1 is 0.821 bits per heavy atom. The lowest BCUT2D eigenvalue weighted by atomic mass is 9.94. The molecule has 3 rings (SSSR count). The zero-order chi connectivity index (χ0) is 20.6. The second-order valence-corrected chi connectivity index (χ2v) is 7.80. The van der Waals surface area contributed by atoms with E-state index < -0.39 is 0 Å². The summed E-state index contributed by atoms with van der Waals surface area (Å²) in [5.41, 5.74) is 0.359. The molecule has 1 amide bonds. The number of benzene rings is 3. The van der Waals surface area contributed by atoms with Crippen molar-refractivity contribution in [3.8, 4) is 17.2 Å². The Hall–Kier alpha value is -2.95. The minimum Gasteiger partial charge on any atom is -0.497 e. The zero-order valence-electron chi connectivity index (χ0n) is 17.5. The highest BCUT2D eigenvalue weighted by atomic mass is 16.5. The first-order chi connectivity index (χ1) is 13.2. The van der Waals surface area contributed by atoms with Crippen molar-refractivity contribution in [2.45, 2.75) is 26.3 Å². The highest BCUT2D eigenvalue weighted by Crippen LogP contribution is 2.38. The highest BCUT2D eigenvalue weighted by Gasteiger charge is 2.25. The number of carbonyl (C=O) groups is 1. The lowest BCUT2D eigenvalue weighted by Gasteiger charge is -2.32. The zero-order valence-corrected chi connectivity index (χ0v) is 17.5. The van der Waals surface area contributed by atoms with E-state index >= 15 is 0 Å². The van der Waals surface area contributed by atoms with Crippen LogP contribution in [0.4, 0.5) is 0 Å². The maximum absolute atomic E-state index is 13.3. The minimum absolute atomic E-state index is 0.0284. The van der Waals surface area contributed by atoms with Crippen LogP contribution in [0.25, 0.3) is 21.5 Å². The molecule has 0 saturated heterocycles. The van der Waals surface area contributed by atoms with Crippen molar-refractivity contribution in [2.75, 3.05) is 28.4 Å². The summed E-state index contributed by atoms with van der Waals surface area (Å²) in [5.74, 6) is 1.97. The Morgan fingerprint density at radius 2 is 1.46 bits per heavy atom. The van der Waals surface area contributed by atoms with Gasteiger partial charge in [-0.1, -0.05) is 0 Å². The highest BCUT2D eigenvalue weighted by molar-refractivity contribution is 6.18. The van der Waals surface area contributed by atoms with Gasteiger partial charge in [0.25, 0.3) is 5.91 Å². The first kappa shape index (κ1) is 19.8. The normalized spacial score (nSPS) is 11.5. The molecule has 5 nitrogen and oxygen atoms in total. The molecular formula is C23H27NO4. The number of fused-ring (bicyclic) bond motifs is 3. The van der Waals surface area contributed by atoms with E-state index in [-0.39, 0.29) is 11.4 Å². The van der Waals surface area contributed by atoms with E-state index in [1.165, 1.54) is 0 Å². The Kier molecular flexibility index (Phi) is 5.11. The lowest BCUT2D eigenvalue weighted by molar-refractivity contribution is 0.0658. The standard InChI is InChI=1S/C23H27NO4/c1-23(2,3)24(4)22(25)19-10-14-11-20(27-6)21(28-7)13-17(14)18-12-15(26-5)8-9-16(18)19/h8-13H,1-7H3. The number of ether oxygens (including phenoxy) is 3. The average Bonchev–Trinajstić information content (AvgIpc) is 2.69. The van der Waals surface area contributed by atoms with Crippen LogP contribution >= 0.6 is 0 Å². The van der Waals surface area contributed by atoms with Crippen LogP contribution in [-0.4, -0.2) is 44.7 Å². The van der Waals surface area contributed by atoms with Gasteiger partial charge in [0.2, 0.25) is 0 Å². The third-order valence-electron chi connectivity index (χ3n) is 5.20. The monoisotopic (exact) mass is 381 g/mol. The number of amides is 1. The molecule has 0 atom stereocenters. The van der Waals surface area contributed by atoms with Gasteiger partial charge in [0, 0.05) is 18.2 Å². The largest absolute Gasteiger partial charge is 0.497 e. The fourth-order valence-corrected chi connectivity index (χ4v) is 3.25. The molecule has 0 aromatic heterocycles. The van der Waals surface area contributed by atoms with Crippen LogP contribution in [0.2, 0.25) is 0 Å². The summed E-state index contributed by atoms with van der Waals surface area (Å²) in [6.07, 6.45) is 0. The molecule has 0 aliphatic rings. The summed E-state index contributed by atoms with van der Waals surface area (Å²) in [5, 5.41) is 3.69. The summed E-state index contributed by atoms with van der Waals surface area (Å²) in [6.45, 7) is 6.06. The summed E-state index contributed by atoms with van der Waals surface area (Å²) in [7, 11) is 6.68. The van der Waals surface area contributed by atoms with Crippen LogP contribution < -0.4 is 14.2 Å². The van der Waals surface area contributed by atoms with Gasteiger partial charge < -0.3 is 19.1 Å². The van der Waals surface area contributed by atoms with Crippen LogP contribution in [0.15, 0.2) is 36.4 Å². The number of carbonyl (C=O) groups excluding carboxylic acids is 1. The van der Waals surface area contributed by atoms with E-state index in [9.17, 15) is 4.79 Å². The van der Waals surface area contributed by atoms with Gasteiger partial charge in [-0.15, -0.1) is 0 Å². The molecule has 0 aliphatic carbocycles. The molecule has 148 valence electrons. The summed E-state index contributed by atoms with van der Waals surface area (Å²) >= 11 is 0. The van der Waals surface area contributed by atoms with Gasteiger partial charge >= 0.3 is 0 Å². The predicted molar refractivity (Wildman–Crippen MR) is 113 cm³/mol. The molecule has 0 heterocycles. The van der Waals surface area contributed by atoms with Gasteiger partial charge in [0.05, 0.1) is 21.3 Å². The van der Waals surface area contributed by atoms with Crippen molar-refractivity contribution < 1.29 is 19.0 Å². The van der Waals surface area contributed by atoms with E-state index in [2.05, 4.69) is 0 Å². The molecule has 3 aromatic carbocycles. The van der Waals surface area contributed by atoms with Crippen LogP contribution in [0.5, 0.6) is 17.2 Å². The molecule has 0 radical (unpaired) electrons. The fraction of sp³-hybridized carbons (Fsp3) is 0.348. The summed E-state index contributed by atoms with van der Waals surface area (Å²) in [4.78, 5) is 15.1. The van der Waals surface area contributed by atoms with Gasteiger partial charge in [-0.25, -0.2) is 0 Å². The molecule has 0 unspecified atom stereocenters. The van der Waals surface area contributed by atoms with Crippen molar-refractivity contribution in [1.29, 1.82) is 0 Å². The lowest BCUT2D eigenvalue weighted by Crippen LogP contribution is -2.42. The smallest absolute Gasteiger partial charge is 0.254 e. The van der Waals surface area contributed by atoms with Crippen LogP contribution in [-0.2, 0) is 0 Å². The maximum atomic E-state index is 13.3. The molecule has 5 heteroatoms. The van der Waals surface area contributed by atoms with Gasteiger partial charge in [0.15, 0.2) is 11.5 Å². The average molecular weight is 381 g/mol. The number of nitrogens with zero attached hydrogens (tertiary/aromatic N) is 1. The molecular weight excluding hydrogens is 354 g/mol. The quantitative estimate of drug-likeness (QED) is 0.604. The summed E-state index contributed by atoms with van der Waals surface area (Å²) < 4.78 is 16.4. The topological polar surface area (TPSA) is 48.0 Å². The first-order valence-electron chi connectivity index (χ1n) is 9.16. The van der Waals surface area contributed by atoms with E-state index in [1.54, 1.807) is 26.2 Å². The number of hydrogen-bond donors (Lipinski definition) is 0. The predicted octanol–water partition coefficient (Wildman–Crippen LogP) is 4.89. The van der Waals surface area contributed by atoms with Gasteiger partial charge in [-0.2, -0.15) is 0 Å². The molecule has 0 N–H and O–H groups in total. The maximum Gasteiger partial charge on any atom is 0.254 e. The van der Waals surface area contributed by atoms with Crippen LogP contribution in [0.3, 0.4) is 0 Å². The van der Waals surface area contributed by atoms with E-state index in [0.29, 0.717) is 17.1 Å². The third-order valence-corrected chi connectivity index (χ3v) is 5.20. The number of methoxy groups -OCH3 is 3. The first-order valence-corrected chi connectivity index (χ1v) is 9.16. The van der Waals surface area contributed by atoms with Crippen molar-refractivity contribution in [3.63, 3.8) is 0 Å². The molecule has 0 spiro atoms. The fourth-order valence-electron chi connectivity index (χ4n) is 3.25. The van der Waals surface area contributed by atoms with Crippen molar-refractivity contribution in [2.24, 2.45) is 0 Å². The number of rotatable bonds is 4. The van der Waals surface area contributed by atoms with Crippen molar-refractivity contribution in [3.05, 3.63) is 42.0 Å². The molecule has 28 heavy (non-hydrogen) atoms. The van der Waals surface area contributed by atoms with Gasteiger partial charge in [0.1, 0.15) is 5.75 Å². The Labute approximate surface area is 165 Å². The number of hydrogen-bond acceptors (Lipinski definition) is 4. The second-order valence-electron chi connectivity index (χ2n) is 7.80. The Balaban J connectivity index is 2.39. The van der Waals surface area contributed by atoms with E-state index in [0.717, 1.165) is 27.3 Å². The molecule has 3 aromatic rings. The molecule has 0 saturated carbocycles. The Morgan fingerprint density at radius 3 is 2.04 bits per heavy atom. The molecule has 0 fully saturated rings. The van der Waals surface area contributed by atoms with Gasteiger partial charge in [-0.3, -0.25) is 4.79 Å². The second kappa shape index (κ2) is 7.23. The van der Waals surface area contributed by atoms with Crippen LogP contribution in [0, 0.1) is 0 Å². The van der Waals surface area contributed by atoms with Gasteiger partial charge in [-0.05, 0) is 78.7 Å². The summed E-state index contributed by atoms with van der Waals surface area (Å²) in [6, 6.07) is 11.5. The van der Waals surface area contributed by atoms with Crippen LogP contribution in [0.1, 0.15) is 31.1 Å². The molecule has 0 bridgehead atoms. The van der Waals surface area contributed by atoms with E-state index in [1.807, 2.05) is 64.2 Å². The third kappa shape index (κ3) is 3.33. The Bertz CT molecular complexity index is 1050. The minimum atomic E-state index is -0.289.